The van der Waals surface area contributed by atoms with Crippen molar-refractivity contribution in [2.75, 3.05) is 0 Å². The second-order valence-corrected chi connectivity index (χ2v) is 7.66. The molecule has 0 fully saturated rings. The van der Waals surface area contributed by atoms with Crippen LogP contribution < -0.4 is 5.73 Å². The van der Waals surface area contributed by atoms with E-state index in [0.717, 1.165) is 0 Å². The van der Waals surface area contributed by atoms with Gasteiger partial charge in [0, 0.05) is 21.0 Å². The molecule has 2 N–H and O–H groups in total. The molecular weight excluding hydrogens is 234 g/mol. The fraction of sp³-hybridized carbons (Fsp3) is 0.692. The van der Waals surface area contributed by atoms with Crippen LogP contribution in [-0.2, 0) is 0 Å². The van der Waals surface area contributed by atoms with Crippen LogP contribution in [0, 0.1) is 12.8 Å². The summed E-state index contributed by atoms with van der Waals surface area (Å²) in [5.74, 6) is 0.701. The van der Waals surface area contributed by atoms with E-state index in [1.807, 2.05) is 23.1 Å². The first-order valence-corrected chi connectivity index (χ1v) is 7.65. The zero-order valence-corrected chi connectivity index (χ0v) is 12.5. The van der Waals surface area contributed by atoms with Gasteiger partial charge < -0.3 is 5.73 Å². The summed E-state index contributed by atoms with van der Waals surface area (Å²) in [5, 5.41) is 1.09. The Balaban J connectivity index is 2.76. The SMILES string of the molecule is Cc1ccc(C(SC(C)C(C)C)C(C)N)s1. The van der Waals surface area contributed by atoms with Crippen molar-refractivity contribution in [3.8, 4) is 0 Å². The molecule has 3 atom stereocenters. The summed E-state index contributed by atoms with van der Waals surface area (Å²) in [7, 11) is 0. The van der Waals surface area contributed by atoms with E-state index in [1.54, 1.807) is 0 Å². The third-order valence-corrected chi connectivity index (χ3v) is 6.00. The average Bonchev–Trinajstić information content (AvgIpc) is 2.59. The molecule has 1 heterocycles. The minimum absolute atomic E-state index is 0.212. The van der Waals surface area contributed by atoms with Gasteiger partial charge in [-0.05, 0) is 31.9 Å². The maximum absolute atomic E-state index is 6.11. The summed E-state index contributed by atoms with van der Waals surface area (Å²) in [5.41, 5.74) is 6.11. The molecule has 0 amide bonds. The Morgan fingerprint density at radius 3 is 2.19 bits per heavy atom. The maximum atomic E-state index is 6.11. The number of rotatable bonds is 5. The minimum atomic E-state index is 0.212. The van der Waals surface area contributed by atoms with Crippen LogP contribution in [0.25, 0.3) is 0 Å². The molecular formula is C13H23NS2. The molecule has 0 bridgehead atoms. The first kappa shape index (κ1) is 14.1. The van der Waals surface area contributed by atoms with Gasteiger partial charge in [0.15, 0.2) is 0 Å². The lowest BCUT2D eigenvalue weighted by atomic mass is 10.1. The predicted molar refractivity (Wildman–Crippen MR) is 77.3 cm³/mol. The predicted octanol–water partition coefficient (Wildman–Crippen LogP) is 4.22. The molecule has 0 saturated heterocycles. The van der Waals surface area contributed by atoms with E-state index in [-0.39, 0.29) is 6.04 Å². The smallest absolute Gasteiger partial charge is 0.0542 e. The quantitative estimate of drug-likeness (QED) is 0.854. The second-order valence-electron chi connectivity index (χ2n) is 4.81. The summed E-state index contributed by atoms with van der Waals surface area (Å²) >= 11 is 3.89. The zero-order chi connectivity index (χ0) is 12.3. The van der Waals surface area contributed by atoms with Crippen LogP contribution in [0.4, 0.5) is 0 Å². The van der Waals surface area contributed by atoms with Crippen LogP contribution in [0.1, 0.15) is 42.7 Å². The molecule has 0 aromatic carbocycles. The molecule has 16 heavy (non-hydrogen) atoms. The Bertz CT molecular complexity index is 317. The highest BCUT2D eigenvalue weighted by atomic mass is 32.2. The fourth-order valence-corrected chi connectivity index (χ4v) is 3.97. The maximum Gasteiger partial charge on any atom is 0.0542 e. The van der Waals surface area contributed by atoms with Gasteiger partial charge in [-0.2, -0.15) is 0 Å². The van der Waals surface area contributed by atoms with Crippen molar-refractivity contribution >= 4 is 23.1 Å². The molecule has 0 aliphatic heterocycles. The Hall–Kier alpha value is 0.01000. The summed E-state index contributed by atoms with van der Waals surface area (Å²) in [4.78, 5) is 2.79. The van der Waals surface area contributed by atoms with Crippen LogP contribution in [0.5, 0.6) is 0 Å². The van der Waals surface area contributed by atoms with E-state index in [1.165, 1.54) is 9.75 Å². The minimum Gasteiger partial charge on any atom is -0.327 e. The monoisotopic (exact) mass is 257 g/mol. The van der Waals surface area contributed by atoms with E-state index >= 15 is 0 Å². The Kier molecular flexibility index (Phi) is 5.35. The number of aryl methyl sites for hydroxylation is 1. The molecule has 1 aromatic rings. The van der Waals surface area contributed by atoms with Crippen molar-refractivity contribution in [1.29, 1.82) is 0 Å². The van der Waals surface area contributed by atoms with Gasteiger partial charge >= 0.3 is 0 Å². The average molecular weight is 257 g/mol. The first-order valence-electron chi connectivity index (χ1n) is 5.89. The van der Waals surface area contributed by atoms with Crippen LogP contribution in [0.3, 0.4) is 0 Å². The van der Waals surface area contributed by atoms with Crippen LogP contribution in [0.15, 0.2) is 12.1 Å². The number of thiophene rings is 1. The lowest BCUT2D eigenvalue weighted by molar-refractivity contribution is 0.632. The van der Waals surface area contributed by atoms with Gasteiger partial charge in [0.2, 0.25) is 0 Å². The van der Waals surface area contributed by atoms with Gasteiger partial charge in [-0.3, -0.25) is 0 Å². The van der Waals surface area contributed by atoms with Gasteiger partial charge in [0.05, 0.1) is 5.25 Å². The van der Waals surface area contributed by atoms with E-state index in [0.29, 0.717) is 16.4 Å². The molecule has 0 aliphatic carbocycles. The molecule has 1 nitrogen and oxygen atoms in total. The number of nitrogens with two attached hydrogens (primary N) is 1. The lowest BCUT2D eigenvalue weighted by Crippen LogP contribution is -2.24. The normalized spacial score (nSPS) is 17.4. The van der Waals surface area contributed by atoms with Gasteiger partial charge in [0.25, 0.3) is 0 Å². The molecule has 0 radical (unpaired) electrons. The van der Waals surface area contributed by atoms with Crippen molar-refractivity contribution in [2.24, 2.45) is 11.7 Å². The topological polar surface area (TPSA) is 26.0 Å². The Morgan fingerprint density at radius 2 is 1.81 bits per heavy atom. The van der Waals surface area contributed by atoms with Crippen molar-refractivity contribution in [3.05, 3.63) is 21.9 Å². The second kappa shape index (κ2) is 6.08. The van der Waals surface area contributed by atoms with Crippen molar-refractivity contribution in [1.82, 2.24) is 0 Å². The van der Waals surface area contributed by atoms with Crippen molar-refractivity contribution in [2.45, 2.75) is 51.2 Å². The lowest BCUT2D eigenvalue weighted by Gasteiger charge is -2.25. The zero-order valence-electron chi connectivity index (χ0n) is 10.9. The summed E-state index contributed by atoms with van der Waals surface area (Å²) in [6.07, 6.45) is 0. The van der Waals surface area contributed by atoms with Crippen LogP contribution >= 0.6 is 23.1 Å². The highest BCUT2D eigenvalue weighted by Gasteiger charge is 2.22. The largest absolute Gasteiger partial charge is 0.327 e. The molecule has 3 unspecified atom stereocenters. The van der Waals surface area contributed by atoms with Crippen LogP contribution in [0.2, 0.25) is 0 Å². The van der Waals surface area contributed by atoms with Crippen molar-refractivity contribution < 1.29 is 0 Å². The third-order valence-electron chi connectivity index (χ3n) is 2.82. The number of hydrogen-bond donors (Lipinski definition) is 1. The fourth-order valence-electron chi connectivity index (χ4n) is 1.44. The van der Waals surface area contributed by atoms with E-state index < -0.39 is 0 Å². The number of thioether (sulfide) groups is 1. The Labute approximate surface area is 108 Å². The highest BCUT2D eigenvalue weighted by Crippen LogP contribution is 2.39. The Morgan fingerprint density at radius 1 is 1.19 bits per heavy atom. The van der Waals surface area contributed by atoms with Gasteiger partial charge in [-0.15, -0.1) is 23.1 Å². The standard InChI is InChI=1S/C13H23NS2/c1-8(2)11(5)16-13(10(4)14)12-7-6-9(3)15-12/h6-8,10-11,13H,14H2,1-5H3. The van der Waals surface area contributed by atoms with E-state index in [4.69, 9.17) is 5.73 Å². The molecule has 0 spiro atoms. The molecule has 0 saturated carbocycles. The molecule has 1 aromatic heterocycles. The molecule has 92 valence electrons. The molecule has 1 rings (SSSR count). The first-order chi connectivity index (χ1) is 7.41. The highest BCUT2D eigenvalue weighted by molar-refractivity contribution is 8.00. The number of hydrogen-bond acceptors (Lipinski definition) is 3. The van der Waals surface area contributed by atoms with Crippen LogP contribution in [-0.4, -0.2) is 11.3 Å². The third kappa shape index (κ3) is 3.79. The molecule has 3 heteroatoms. The van der Waals surface area contributed by atoms with Gasteiger partial charge in [-0.1, -0.05) is 20.8 Å². The summed E-state index contributed by atoms with van der Waals surface area (Å²) < 4.78 is 0. The van der Waals surface area contributed by atoms with Gasteiger partial charge in [-0.25, -0.2) is 0 Å². The summed E-state index contributed by atoms with van der Waals surface area (Å²) in [6.45, 7) is 11.1. The van der Waals surface area contributed by atoms with E-state index in [2.05, 4.69) is 46.8 Å². The molecule has 0 aliphatic rings. The van der Waals surface area contributed by atoms with Gasteiger partial charge in [0.1, 0.15) is 0 Å². The van der Waals surface area contributed by atoms with Crippen molar-refractivity contribution in [3.63, 3.8) is 0 Å². The van der Waals surface area contributed by atoms with E-state index in [9.17, 15) is 0 Å². The summed E-state index contributed by atoms with van der Waals surface area (Å²) in [6, 6.07) is 4.63.